The number of ether oxygens (including phenoxy) is 3. The van der Waals surface area contributed by atoms with Crippen LogP contribution in [0.3, 0.4) is 0 Å². The quantitative estimate of drug-likeness (QED) is 0.647. The van der Waals surface area contributed by atoms with E-state index in [1.807, 2.05) is 12.1 Å². The van der Waals surface area contributed by atoms with Crippen molar-refractivity contribution in [3.8, 4) is 5.75 Å². The molecule has 0 saturated carbocycles. The standard InChI is InChI=1S/C14H16BrNO4/c1-3-19-14(17)12-8-9-11(16-12)5-4-10(15)13(9)20-7-6-18-2/h4-5,8,16H,3,6-7H2,1-2H3. The van der Waals surface area contributed by atoms with E-state index in [0.717, 1.165) is 15.4 Å². The number of fused-ring (bicyclic) bond motifs is 1. The minimum atomic E-state index is -0.373. The highest BCUT2D eigenvalue weighted by atomic mass is 79.9. The van der Waals surface area contributed by atoms with Gasteiger partial charge in [-0.3, -0.25) is 0 Å². The molecule has 1 aromatic carbocycles. The van der Waals surface area contributed by atoms with E-state index < -0.39 is 0 Å². The molecule has 108 valence electrons. The predicted octanol–water partition coefficient (Wildman–Crippen LogP) is 3.13. The maximum absolute atomic E-state index is 11.7. The first-order valence-electron chi connectivity index (χ1n) is 6.27. The monoisotopic (exact) mass is 341 g/mol. The van der Waals surface area contributed by atoms with Crippen molar-refractivity contribution in [3.63, 3.8) is 0 Å². The number of aromatic nitrogens is 1. The van der Waals surface area contributed by atoms with Gasteiger partial charge in [0.15, 0.2) is 0 Å². The van der Waals surface area contributed by atoms with Crippen molar-refractivity contribution in [2.24, 2.45) is 0 Å². The molecule has 1 heterocycles. The summed E-state index contributed by atoms with van der Waals surface area (Å²) in [7, 11) is 1.62. The van der Waals surface area contributed by atoms with Gasteiger partial charge in [0.1, 0.15) is 18.1 Å². The second kappa shape index (κ2) is 6.76. The molecule has 20 heavy (non-hydrogen) atoms. The zero-order chi connectivity index (χ0) is 14.5. The fourth-order valence-electron chi connectivity index (χ4n) is 1.84. The van der Waals surface area contributed by atoms with Gasteiger partial charge in [-0.05, 0) is 41.1 Å². The normalized spacial score (nSPS) is 10.8. The van der Waals surface area contributed by atoms with Crippen molar-refractivity contribution < 1.29 is 19.0 Å². The molecule has 2 aromatic rings. The van der Waals surface area contributed by atoms with Crippen molar-refractivity contribution in [2.75, 3.05) is 26.9 Å². The number of aromatic amines is 1. The Balaban J connectivity index is 2.35. The Labute approximate surface area is 125 Å². The second-order valence-electron chi connectivity index (χ2n) is 4.08. The van der Waals surface area contributed by atoms with Crippen LogP contribution in [-0.2, 0) is 9.47 Å². The summed E-state index contributed by atoms with van der Waals surface area (Å²) >= 11 is 3.45. The van der Waals surface area contributed by atoms with E-state index in [9.17, 15) is 4.79 Å². The van der Waals surface area contributed by atoms with Gasteiger partial charge in [-0.2, -0.15) is 0 Å². The highest BCUT2D eigenvalue weighted by molar-refractivity contribution is 9.10. The molecule has 0 unspecified atom stereocenters. The number of nitrogens with one attached hydrogen (secondary N) is 1. The van der Waals surface area contributed by atoms with Crippen LogP contribution in [0.1, 0.15) is 17.4 Å². The lowest BCUT2D eigenvalue weighted by atomic mass is 10.2. The molecule has 0 spiro atoms. The van der Waals surface area contributed by atoms with Crippen LogP contribution in [0, 0.1) is 0 Å². The Morgan fingerprint density at radius 2 is 2.15 bits per heavy atom. The SMILES string of the molecule is CCOC(=O)c1cc2c(OCCOC)c(Br)ccc2[nH]1. The lowest BCUT2D eigenvalue weighted by Gasteiger charge is -2.08. The number of hydrogen-bond acceptors (Lipinski definition) is 4. The molecular formula is C14H16BrNO4. The first-order chi connectivity index (χ1) is 9.67. The minimum Gasteiger partial charge on any atom is -0.489 e. The number of carbonyl (C=O) groups excluding carboxylic acids is 1. The predicted molar refractivity (Wildman–Crippen MR) is 79.3 cm³/mol. The van der Waals surface area contributed by atoms with E-state index >= 15 is 0 Å². The van der Waals surface area contributed by atoms with Crippen LogP contribution in [0.4, 0.5) is 0 Å². The molecule has 0 atom stereocenters. The zero-order valence-corrected chi connectivity index (χ0v) is 13.0. The zero-order valence-electron chi connectivity index (χ0n) is 11.4. The Hall–Kier alpha value is -1.53. The summed E-state index contributed by atoms with van der Waals surface area (Å²) in [5, 5.41) is 0.832. The van der Waals surface area contributed by atoms with E-state index in [1.54, 1.807) is 20.1 Å². The summed E-state index contributed by atoms with van der Waals surface area (Å²) in [6, 6.07) is 5.49. The molecule has 1 aromatic heterocycles. The number of hydrogen-bond donors (Lipinski definition) is 1. The largest absolute Gasteiger partial charge is 0.489 e. The highest BCUT2D eigenvalue weighted by Gasteiger charge is 2.15. The lowest BCUT2D eigenvalue weighted by Crippen LogP contribution is -2.05. The average molecular weight is 342 g/mol. The van der Waals surface area contributed by atoms with Crippen LogP contribution in [0.25, 0.3) is 10.9 Å². The summed E-state index contributed by atoms with van der Waals surface area (Å²) in [5.74, 6) is 0.314. The molecule has 5 nitrogen and oxygen atoms in total. The van der Waals surface area contributed by atoms with E-state index in [-0.39, 0.29) is 5.97 Å². The smallest absolute Gasteiger partial charge is 0.354 e. The number of H-pyrrole nitrogens is 1. The van der Waals surface area contributed by atoms with E-state index in [2.05, 4.69) is 20.9 Å². The third kappa shape index (κ3) is 3.13. The Morgan fingerprint density at radius 1 is 1.35 bits per heavy atom. The summed E-state index contributed by atoms with van der Waals surface area (Å²) in [6.45, 7) is 3.05. The van der Waals surface area contributed by atoms with Gasteiger partial charge in [0, 0.05) is 18.0 Å². The summed E-state index contributed by atoms with van der Waals surface area (Å²) in [5.41, 5.74) is 1.24. The van der Waals surface area contributed by atoms with Crippen molar-refractivity contribution in [2.45, 2.75) is 6.92 Å². The topological polar surface area (TPSA) is 60.6 Å². The van der Waals surface area contributed by atoms with Crippen LogP contribution >= 0.6 is 15.9 Å². The molecule has 0 fully saturated rings. The van der Waals surface area contributed by atoms with Crippen LogP contribution < -0.4 is 4.74 Å². The first-order valence-corrected chi connectivity index (χ1v) is 7.06. The van der Waals surface area contributed by atoms with Gasteiger partial charge in [-0.15, -0.1) is 0 Å². The van der Waals surface area contributed by atoms with Crippen molar-refractivity contribution >= 4 is 32.8 Å². The Morgan fingerprint density at radius 3 is 2.85 bits per heavy atom. The molecule has 0 aliphatic heterocycles. The summed E-state index contributed by atoms with van der Waals surface area (Å²) in [6.07, 6.45) is 0. The van der Waals surface area contributed by atoms with Crippen molar-refractivity contribution in [1.82, 2.24) is 4.98 Å². The van der Waals surface area contributed by atoms with Gasteiger partial charge in [-0.1, -0.05) is 0 Å². The number of benzene rings is 1. The molecule has 0 aliphatic rings. The van der Waals surface area contributed by atoms with Crippen molar-refractivity contribution in [1.29, 1.82) is 0 Å². The van der Waals surface area contributed by atoms with Crippen LogP contribution in [0.2, 0.25) is 0 Å². The second-order valence-corrected chi connectivity index (χ2v) is 4.94. The number of methoxy groups -OCH3 is 1. The van der Waals surface area contributed by atoms with Gasteiger partial charge < -0.3 is 19.2 Å². The number of halogens is 1. The number of esters is 1. The van der Waals surface area contributed by atoms with Crippen LogP contribution in [0.5, 0.6) is 5.75 Å². The van der Waals surface area contributed by atoms with Gasteiger partial charge in [0.2, 0.25) is 0 Å². The molecule has 0 amide bonds. The Kier molecular flexibility index (Phi) is 5.03. The van der Waals surface area contributed by atoms with Gasteiger partial charge >= 0.3 is 5.97 Å². The molecule has 0 radical (unpaired) electrons. The first kappa shape index (κ1) is 14.9. The molecule has 0 saturated heterocycles. The molecule has 0 bridgehead atoms. The van der Waals surface area contributed by atoms with Gasteiger partial charge in [0.05, 0.1) is 17.7 Å². The third-order valence-corrected chi connectivity index (χ3v) is 3.36. The van der Waals surface area contributed by atoms with E-state index in [0.29, 0.717) is 31.3 Å². The molecule has 6 heteroatoms. The maximum Gasteiger partial charge on any atom is 0.354 e. The average Bonchev–Trinajstić information content (AvgIpc) is 2.86. The third-order valence-electron chi connectivity index (χ3n) is 2.74. The maximum atomic E-state index is 11.7. The van der Waals surface area contributed by atoms with Gasteiger partial charge in [-0.25, -0.2) is 4.79 Å². The minimum absolute atomic E-state index is 0.342. The molecule has 2 rings (SSSR count). The van der Waals surface area contributed by atoms with E-state index in [1.165, 1.54) is 0 Å². The molecule has 1 N–H and O–H groups in total. The summed E-state index contributed by atoms with van der Waals surface area (Å²) < 4.78 is 16.5. The highest BCUT2D eigenvalue weighted by Crippen LogP contribution is 2.34. The van der Waals surface area contributed by atoms with Crippen LogP contribution in [0.15, 0.2) is 22.7 Å². The Bertz CT molecular complexity index is 608. The van der Waals surface area contributed by atoms with Crippen LogP contribution in [-0.4, -0.2) is 37.9 Å². The fraction of sp³-hybridized carbons (Fsp3) is 0.357. The number of carbonyl (C=O) groups is 1. The lowest BCUT2D eigenvalue weighted by molar-refractivity contribution is 0.0520. The molecular weight excluding hydrogens is 326 g/mol. The fourth-order valence-corrected chi connectivity index (χ4v) is 2.30. The molecule has 0 aliphatic carbocycles. The number of rotatable bonds is 6. The summed E-state index contributed by atoms with van der Waals surface area (Å²) in [4.78, 5) is 14.8. The van der Waals surface area contributed by atoms with Gasteiger partial charge in [0.25, 0.3) is 0 Å². The van der Waals surface area contributed by atoms with E-state index in [4.69, 9.17) is 14.2 Å². The van der Waals surface area contributed by atoms with Crippen molar-refractivity contribution in [3.05, 3.63) is 28.4 Å².